The van der Waals surface area contributed by atoms with Crippen molar-refractivity contribution in [1.29, 1.82) is 0 Å². The molecule has 4 aliphatic heterocycles. The number of alkyl halides is 1. The molecule has 0 spiro atoms. The van der Waals surface area contributed by atoms with Crippen LogP contribution in [0.25, 0.3) is 44.0 Å². The van der Waals surface area contributed by atoms with Crippen molar-refractivity contribution in [2.45, 2.75) is 88.9 Å². The highest BCUT2D eigenvalue weighted by molar-refractivity contribution is 6.02. The van der Waals surface area contributed by atoms with Gasteiger partial charge in [-0.2, -0.15) is 9.97 Å². The van der Waals surface area contributed by atoms with E-state index >= 15 is 13.2 Å². The minimum atomic E-state index is -1.35. The van der Waals surface area contributed by atoms with Gasteiger partial charge in [-0.3, -0.25) is 33.9 Å². The molecular formula is C55H65F3N10O7. The number of carbonyl (C=O) groups is 2. The molecule has 1 aliphatic carbocycles. The quantitative estimate of drug-likeness (QED) is 0.0851. The average molecular weight is 1040 g/mol. The fourth-order valence-corrected chi connectivity index (χ4v) is 12.1. The Morgan fingerprint density at radius 2 is 1.67 bits per heavy atom. The number of hydrogen-bond acceptors (Lipinski definition) is 14. The van der Waals surface area contributed by atoms with Gasteiger partial charge in [0.1, 0.15) is 40.3 Å². The highest BCUT2D eigenvalue weighted by Crippen LogP contribution is 2.48. The van der Waals surface area contributed by atoms with Crippen molar-refractivity contribution >= 4 is 56.0 Å². The van der Waals surface area contributed by atoms with E-state index in [2.05, 4.69) is 25.0 Å². The first-order chi connectivity index (χ1) is 36.0. The number of nitrogens with zero attached hydrogens (tertiary/aromatic N) is 9. The molecule has 2 N–H and O–H groups in total. The fourth-order valence-electron chi connectivity index (χ4n) is 12.1. The first-order valence-corrected chi connectivity index (χ1v) is 26.3. The van der Waals surface area contributed by atoms with E-state index in [4.69, 9.17) is 24.2 Å². The molecule has 75 heavy (non-hydrogen) atoms. The van der Waals surface area contributed by atoms with Gasteiger partial charge in [0.2, 0.25) is 11.8 Å². The summed E-state index contributed by atoms with van der Waals surface area (Å²) in [5, 5.41) is 15.1. The number of benzene rings is 3. The highest BCUT2D eigenvalue weighted by atomic mass is 19.1. The Hall–Kier alpha value is -6.35. The number of piperazine rings is 1. The van der Waals surface area contributed by atoms with Gasteiger partial charge in [0, 0.05) is 103 Å². The number of likely N-dealkylation sites (tertiary alicyclic amines) is 1. The molecule has 11 rings (SSSR count). The van der Waals surface area contributed by atoms with E-state index in [1.807, 2.05) is 30.0 Å². The van der Waals surface area contributed by atoms with E-state index in [1.54, 1.807) is 42.9 Å². The van der Waals surface area contributed by atoms with Crippen LogP contribution in [0.15, 0.2) is 53.5 Å². The number of piperidine rings is 3. The molecule has 17 nitrogen and oxygen atoms in total. The number of β-amino-alcohol motifs (C(OH)–C–C–N with tert-alkyl or cyclic N) is 1. The number of methoxy groups -OCH3 is 1. The zero-order chi connectivity index (χ0) is 52.4. The van der Waals surface area contributed by atoms with E-state index in [9.17, 15) is 19.5 Å². The van der Waals surface area contributed by atoms with Crippen LogP contribution in [0.2, 0.25) is 0 Å². The normalized spacial score (nSPS) is 22.3. The topological polar surface area (TPSA) is 173 Å². The standard InChI is InChI=1S/C55H65F3N10O7/c1-5-36-39(56)11-10-34-26-35(75-33-73-4)27-37(44(34)36)46-45(57)47-38(28-59-46)49(67-19-7-14-53(2,72)29-67)62-51(61-47)74-32-54(15-16-54)30-64-20-17-55(58,18-21-64)31-65-22-24-66(25-23-65)40-8-6-9-41-48(40)63(3)52(71)68(41)42-12-13-43(69)60-50(42)70/h6,8-11,26-28,42,72H,5,7,12-25,29-33H2,1-4H3,(H,60,69,70)/t42?,53-/m1/s1. The van der Waals surface area contributed by atoms with Crippen LogP contribution in [-0.2, 0) is 27.8 Å². The lowest BCUT2D eigenvalue weighted by Gasteiger charge is -2.43. The number of pyridine rings is 1. The largest absolute Gasteiger partial charge is 0.468 e. The molecule has 1 saturated carbocycles. The maximum atomic E-state index is 17.4. The van der Waals surface area contributed by atoms with Gasteiger partial charge in [0.05, 0.1) is 34.3 Å². The Morgan fingerprint density at radius 1 is 0.893 bits per heavy atom. The van der Waals surface area contributed by atoms with Gasteiger partial charge in [0.25, 0.3) is 0 Å². The van der Waals surface area contributed by atoms with Crippen molar-refractivity contribution in [1.82, 2.24) is 39.2 Å². The number of carbonyl (C=O) groups excluding carboxylic acids is 2. The van der Waals surface area contributed by atoms with E-state index in [1.165, 1.54) is 17.7 Å². The monoisotopic (exact) mass is 1030 g/mol. The number of hydrogen-bond donors (Lipinski definition) is 2. The number of halogens is 3. The van der Waals surface area contributed by atoms with Crippen molar-refractivity contribution in [2.75, 3.05) is 95.8 Å². The molecule has 2 amide bonds. The van der Waals surface area contributed by atoms with E-state index in [-0.39, 0.29) is 67.0 Å². The number of amides is 2. The SMILES string of the molecule is CCc1c(F)ccc2cc(OCOC)cc(-c3ncc4c(N5CCC[C@@](C)(O)C5)nc(OCC5(CN6CCC(F)(CN7CCN(c8cccc9c8n(C)c(=O)n9C8CCC(=O)NC8=O)CC7)CC6)CC5)nc4c3F)c12. The van der Waals surface area contributed by atoms with Gasteiger partial charge in [-0.15, -0.1) is 0 Å². The Bertz CT molecular complexity index is 3250. The second-order valence-electron chi connectivity index (χ2n) is 21.8. The predicted molar refractivity (Wildman–Crippen MR) is 278 cm³/mol. The summed E-state index contributed by atoms with van der Waals surface area (Å²) < 4.78 is 70.1. The predicted octanol–water partition coefficient (Wildman–Crippen LogP) is 6.44. The molecule has 3 aromatic carbocycles. The molecule has 398 valence electrons. The second kappa shape index (κ2) is 20.0. The van der Waals surface area contributed by atoms with Gasteiger partial charge in [-0.1, -0.05) is 19.1 Å². The maximum absolute atomic E-state index is 17.4. The van der Waals surface area contributed by atoms with Gasteiger partial charge in [0.15, 0.2) is 12.6 Å². The smallest absolute Gasteiger partial charge is 0.329 e. The number of aryl methyl sites for hydroxylation is 2. The highest BCUT2D eigenvalue weighted by Gasteiger charge is 2.47. The van der Waals surface area contributed by atoms with Crippen LogP contribution in [0.3, 0.4) is 0 Å². The molecule has 0 radical (unpaired) electrons. The molecular weight excluding hydrogens is 970 g/mol. The molecule has 7 heterocycles. The van der Waals surface area contributed by atoms with Crippen LogP contribution in [0.4, 0.5) is 24.7 Å². The second-order valence-corrected chi connectivity index (χ2v) is 21.8. The minimum Gasteiger partial charge on any atom is -0.468 e. The first-order valence-electron chi connectivity index (χ1n) is 26.3. The number of rotatable bonds is 15. The summed E-state index contributed by atoms with van der Waals surface area (Å²) in [6.45, 7) is 9.53. The lowest BCUT2D eigenvalue weighted by Crippen LogP contribution is -2.54. The van der Waals surface area contributed by atoms with Crippen molar-refractivity contribution in [3.8, 4) is 23.0 Å². The van der Waals surface area contributed by atoms with Crippen LogP contribution in [-0.4, -0.2) is 148 Å². The van der Waals surface area contributed by atoms with Crippen LogP contribution in [0.1, 0.15) is 76.8 Å². The third-order valence-corrected chi connectivity index (χ3v) is 16.3. The third kappa shape index (κ3) is 9.90. The van der Waals surface area contributed by atoms with Crippen molar-refractivity contribution in [3.05, 3.63) is 76.3 Å². The molecule has 6 aromatic rings. The van der Waals surface area contributed by atoms with Gasteiger partial charge >= 0.3 is 11.7 Å². The summed E-state index contributed by atoms with van der Waals surface area (Å²) >= 11 is 0. The Labute approximate surface area is 432 Å². The summed E-state index contributed by atoms with van der Waals surface area (Å²) in [5.41, 5.74) is 0.0985. The summed E-state index contributed by atoms with van der Waals surface area (Å²) in [4.78, 5) is 61.1. The molecule has 4 saturated heterocycles. The van der Waals surface area contributed by atoms with Crippen LogP contribution in [0.5, 0.6) is 11.8 Å². The summed E-state index contributed by atoms with van der Waals surface area (Å²) in [5.74, 6) is -1.13. The zero-order valence-corrected chi connectivity index (χ0v) is 43.1. The Balaban J connectivity index is 0.766. The van der Waals surface area contributed by atoms with Gasteiger partial charge in [-0.05, 0) is 105 Å². The van der Waals surface area contributed by atoms with E-state index < -0.39 is 34.9 Å². The maximum Gasteiger partial charge on any atom is 0.329 e. The number of fused-ring (bicyclic) bond motifs is 3. The molecule has 2 atom stereocenters. The minimum absolute atomic E-state index is 0.000226. The molecule has 20 heteroatoms. The van der Waals surface area contributed by atoms with Crippen molar-refractivity contribution < 1.29 is 42.1 Å². The fraction of sp³-hybridized carbons (Fsp3) is 0.527. The molecule has 5 aliphatic rings. The average Bonchev–Trinajstić information content (AvgIpc) is 4.12. The number of nitrogens with one attached hydrogen (secondary N) is 1. The lowest BCUT2D eigenvalue weighted by molar-refractivity contribution is -0.135. The first kappa shape index (κ1) is 50.8. The number of imidazole rings is 1. The van der Waals surface area contributed by atoms with Crippen molar-refractivity contribution in [3.63, 3.8) is 0 Å². The van der Waals surface area contributed by atoms with E-state index in [0.717, 1.165) is 24.0 Å². The molecule has 1 unspecified atom stereocenters. The number of aromatic nitrogens is 5. The van der Waals surface area contributed by atoms with Gasteiger partial charge in [-0.25, -0.2) is 18.0 Å². The number of ether oxygens (including phenoxy) is 3. The third-order valence-electron chi connectivity index (χ3n) is 16.3. The van der Waals surface area contributed by atoms with Crippen LogP contribution >= 0.6 is 0 Å². The number of anilines is 2. The van der Waals surface area contributed by atoms with Crippen LogP contribution < -0.4 is 30.3 Å². The molecule has 0 bridgehead atoms. The van der Waals surface area contributed by atoms with E-state index in [0.29, 0.717) is 135 Å². The van der Waals surface area contributed by atoms with Gasteiger partial charge < -0.3 is 34.0 Å². The Kier molecular flexibility index (Phi) is 13.5. The summed E-state index contributed by atoms with van der Waals surface area (Å²) in [6.07, 6.45) is 6.23. The number of para-hydroxylation sites is 1. The zero-order valence-electron chi connectivity index (χ0n) is 43.1. The number of imide groups is 1. The summed E-state index contributed by atoms with van der Waals surface area (Å²) in [6, 6.07) is 11.4. The molecule has 3 aromatic heterocycles. The lowest BCUT2D eigenvalue weighted by atomic mass is 9.91. The Morgan fingerprint density at radius 3 is 2.39 bits per heavy atom. The summed E-state index contributed by atoms with van der Waals surface area (Å²) in [7, 11) is 3.21. The number of aliphatic hydroxyl groups is 1. The van der Waals surface area contributed by atoms with Crippen molar-refractivity contribution in [2.24, 2.45) is 12.5 Å². The molecule has 5 fully saturated rings. The van der Waals surface area contributed by atoms with Crippen LogP contribution in [0, 0.1) is 17.0 Å².